The summed E-state index contributed by atoms with van der Waals surface area (Å²) in [6.45, 7) is 0. The van der Waals surface area contributed by atoms with E-state index in [-0.39, 0.29) is 0 Å². The molecule has 0 radical (unpaired) electrons. The van der Waals surface area contributed by atoms with Crippen LogP contribution in [0.4, 0.5) is 17.1 Å². The molecule has 2 heteroatoms. The Bertz CT molecular complexity index is 3610. The second-order valence-electron chi connectivity index (χ2n) is 18.0. The summed E-state index contributed by atoms with van der Waals surface area (Å²) < 4.78 is 2.49. The van der Waals surface area contributed by atoms with Gasteiger partial charge in [0.25, 0.3) is 0 Å². The van der Waals surface area contributed by atoms with E-state index < -0.39 is 5.41 Å². The number of hydrogen-bond donors (Lipinski definition) is 0. The third-order valence-corrected chi connectivity index (χ3v) is 14.3. The van der Waals surface area contributed by atoms with Gasteiger partial charge in [0.05, 0.1) is 22.1 Å². The number of fused-ring (bicyclic) bond motifs is 6. The molecule has 0 aliphatic heterocycles. The first kappa shape index (κ1) is 40.3. The van der Waals surface area contributed by atoms with Gasteiger partial charge in [0.15, 0.2) is 0 Å². The molecule has 0 amide bonds. The fourth-order valence-electron chi connectivity index (χ4n) is 11.2. The Hall–Kier alpha value is -8.98. The van der Waals surface area contributed by atoms with Crippen LogP contribution in [-0.4, -0.2) is 4.57 Å². The molecule has 12 aromatic rings. The van der Waals surface area contributed by atoms with Crippen molar-refractivity contribution >= 4 is 38.9 Å². The maximum absolute atomic E-state index is 2.49. The van der Waals surface area contributed by atoms with E-state index in [9.17, 15) is 0 Å². The van der Waals surface area contributed by atoms with Crippen molar-refractivity contribution in [2.75, 3.05) is 4.90 Å². The van der Waals surface area contributed by atoms with Crippen LogP contribution in [0.15, 0.2) is 279 Å². The number of aromatic nitrogens is 1. The molecule has 0 unspecified atom stereocenters. The molecule has 1 heterocycles. The molecule has 0 N–H and O–H groups in total. The molecule has 2 nitrogen and oxygen atoms in total. The highest BCUT2D eigenvalue weighted by Gasteiger charge is 2.47. The van der Waals surface area contributed by atoms with E-state index in [0.29, 0.717) is 0 Å². The Labute approximate surface area is 403 Å². The zero-order valence-corrected chi connectivity index (χ0v) is 38.0. The van der Waals surface area contributed by atoms with Gasteiger partial charge in [0.2, 0.25) is 0 Å². The summed E-state index contributed by atoms with van der Waals surface area (Å²) in [5.41, 5.74) is 21.0. The third-order valence-electron chi connectivity index (χ3n) is 14.3. The molecule has 0 saturated carbocycles. The van der Waals surface area contributed by atoms with Crippen LogP contribution in [0, 0.1) is 0 Å². The average molecular weight is 879 g/mol. The number of anilines is 3. The topological polar surface area (TPSA) is 8.17 Å². The molecule has 1 aliphatic carbocycles. The van der Waals surface area contributed by atoms with E-state index in [2.05, 4.69) is 289 Å². The Morgan fingerprint density at radius 1 is 0.290 bits per heavy atom. The molecular formula is C67H46N2. The van der Waals surface area contributed by atoms with Crippen LogP contribution in [0.25, 0.3) is 72.0 Å². The minimum absolute atomic E-state index is 0.577. The summed E-state index contributed by atoms with van der Waals surface area (Å²) in [6, 6.07) is 102. The van der Waals surface area contributed by atoms with Gasteiger partial charge in [0, 0.05) is 33.4 Å². The van der Waals surface area contributed by atoms with Crippen LogP contribution in [0.1, 0.15) is 22.3 Å². The van der Waals surface area contributed by atoms with Crippen LogP contribution in [0.5, 0.6) is 0 Å². The van der Waals surface area contributed by atoms with E-state index in [1.807, 2.05) is 0 Å². The van der Waals surface area contributed by atoms with E-state index in [0.717, 1.165) is 22.6 Å². The number of nitrogens with zero attached hydrogens (tertiary/aromatic N) is 2. The van der Waals surface area contributed by atoms with E-state index in [1.54, 1.807) is 0 Å². The molecule has 324 valence electrons. The lowest BCUT2D eigenvalue weighted by Gasteiger charge is -2.34. The van der Waals surface area contributed by atoms with E-state index >= 15 is 0 Å². The first-order valence-electron chi connectivity index (χ1n) is 23.8. The van der Waals surface area contributed by atoms with E-state index in [1.165, 1.54) is 88.7 Å². The summed E-state index contributed by atoms with van der Waals surface area (Å²) >= 11 is 0. The molecule has 13 rings (SSSR count). The molecule has 0 atom stereocenters. The second-order valence-corrected chi connectivity index (χ2v) is 18.0. The van der Waals surface area contributed by atoms with Crippen LogP contribution in [-0.2, 0) is 5.41 Å². The van der Waals surface area contributed by atoms with Gasteiger partial charge in [-0.1, -0.05) is 218 Å². The lowest BCUT2D eigenvalue weighted by molar-refractivity contribution is 0.768. The third kappa shape index (κ3) is 6.64. The maximum atomic E-state index is 2.49. The van der Waals surface area contributed by atoms with Gasteiger partial charge in [-0.25, -0.2) is 0 Å². The molecule has 1 aromatic heterocycles. The Balaban J connectivity index is 0.969. The SMILES string of the molecule is c1ccc(-c2ccc(N(c3ccc(-c4ccccc4)cc3)c3ccc(-c4ccc5c(c4)C(c4ccccc4)(c4ccccc4)c4cccc(-n6c7ccccc7c7ccccc76)c4-5)cc3)cc2)cc1. The molecule has 0 spiro atoms. The largest absolute Gasteiger partial charge is 0.311 e. The molecule has 0 saturated heterocycles. The van der Waals surface area contributed by atoms with Gasteiger partial charge in [-0.3, -0.25) is 0 Å². The molecule has 0 bridgehead atoms. The summed E-state index contributed by atoms with van der Waals surface area (Å²) in [4.78, 5) is 2.36. The highest BCUT2D eigenvalue weighted by Crippen LogP contribution is 2.58. The highest BCUT2D eigenvalue weighted by molar-refractivity contribution is 6.10. The van der Waals surface area contributed by atoms with Crippen molar-refractivity contribution < 1.29 is 0 Å². The zero-order valence-electron chi connectivity index (χ0n) is 38.0. The summed E-state index contributed by atoms with van der Waals surface area (Å²) in [7, 11) is 0. The van der Waals surface area contributed by atoms with Crippen molar-refractivity contribution in [3.63, 3.8) is 0 Å². The molecule has 0 fully saturated rings. The minimum Gasteiger partial charge on any atom is -0.311 e. The van der Waals surface area contributed by atoms with Crippen molar-refractivity contribution in [2.45, 2.75) is 5.41 Å². The molecular weight excluding hydrogens is 833 g/mol. The quantitative estimate of drug-likeness (QED) is 0.140. The van der Waals surface area contributed by atoms with Gasteiger partial charge in [-0.2, -0.15) is 0 Å². The van der Waals surface area contributed by atoms with Crippen LogP contribution in [0.2, 0.25) is 0 Å². The molecule has 69 heavy (non-hydrogen) atoms. The predicted octanol–water partition coefficient (Wildman–Crippen LogP) is 17.6. The van der Waals surface area contributed by atoms with Gasteiger partial charge < -0.3 is 9.47 Å². The number of benzene rings is 11. The van der Waals surface area contributed by atoms with Crippen molar-refractivity contribution in [1.29, 1.82) is 0 Å². The van der Waals surface area contributed by atoms with Crippen LogP contribution in [0.3, 0.4) is 0 Å². The normalized spacial score (nSPS) is 12.5. The van der Waals surface area contributed by atoms with Crippen LogP contribution >= 0.6 is 0 Å². The monoisotopic (exact) mass is 878 g/mol. The Morgan fingerprint density at radius 2 is 0.681 bits per heavy atom. The maximum Gasteiger partial charge on any atom is 0.0714 e. The van der Waals surface area contributed by atoms with Crippen LogP contribution < -0.4 is 4.90 Å². The first-order chi connectivity index (χ1) is 34.2. The lowest BCUT2D eigenvalue weighted by atomic mass is 9.67. The first-order valence-corrected chi connectivity index (χ1v) is 23.8. The fourth-order valence-corrected chi connectivity index (χ4v) is 11.2. The van der Waals surface area contributed by atoms with Gasteiger partial charge in [0.1, 0.15) is 0 Å². The van der Waals surface area contributed by atoms with Crippen molar-refractivity contribution in [3.05, 3.63) is 301 Å². The lowest BCUT2D eigenvalue weighted by Crippen LogP contribution is -2.28. The van der Waals surface area contributed by atoms with Gasteiger partial charge in [-0.15, -0.1) is 0 Å². The number of hydrogen-bond acceptors (Lipinski definition) is 1. The predicted molar refractivity (Wildman–Crippen MR) is 289 cm³/mol. The highest BCUT2D eigenvalue weighted by atomic mass is 15.1. The van der Waals surface area contributed by atoms with Crippen molar-refractivity contribution in [1.82, 2.24) is 4.57 Å². The van der Waals surface area contributed by atoms with Crippen molar-refractivity contribution in [3.8, 4) is 50.2 Å². The molecule has 1 aliphatic rings. The van der Waals surface area contributed by atoms with Crippen molar-refractivity contribution in [2.24, 2.45) is 0 Å². The Kier molecular flexibility index (Phi) is 9.77. The minimum atomic E-state index is -0.577. The van der Waals surface area contributed by atoms with Gasteiger partial charge >= 0.3 is 0 Å². The summed E-state index contributed by atoms with van der Waals surface area (Å²) in [6.07, 6.45) is 0. The number of para-hydroxylation sites is 2. The second kappa shape index (κ2) is 16.7. The standard InChI is InChI=1S/C67H46N2/c1-5-18-47(19-6-1)49-32-39-55(40-33-49)68(56-41-34-50(35-42-56)48-20-7-2-8-21-48)57-43-36-51(37-44-57)52-38-45-60-62(46-52)67(53-22-9-3-10-23-53,54-24-11-4-12-25-54)61-28-17-31-65(66(60)61)69-63-29-15-13-26-58(63)59-27-14-16-30-64(59)69/h1-46H. The summed E-state index contributed by atoms with van der Waals surface area (Å²) in [5.74, 6) is 0. The van der Waals surface area contributed by atoms with E-state index in [4.69, 9.17) is 0 Å². The smallest absolute Gasteiger partial charge is 0.0714 e. The summed E-state index contributed by atoms with van der Waals surface area (Å²) in [5, 5.41) is 2.51. The number of rotatable bonds is 9. The molecule has 11 aromatic carbocycles. The fraction of sp³-hybridized carbons (Fsp3) is 0.0149. The average Bonchev–Trinajstić information content (AvgIpc) is 3.93. The zero-order chi connectivity index (χ0) is 45.7. The Morgan fingerprint density at radius 3 is 1.16 bits per heavy atom. The van der Waals surface area contributed by atoms with Gasteiger partial charge in [-0.05, 0) is 122 Å².